The lowest BCUT2D eigenvalue weighted by Gasteiger charge is -2.09. The molecule has 0 aliphatic heterocycles. The van der Waals surface area contributed by atoms with Crippen molar-refractivity contribution >= 4 is 5.91 Å². The molecule has 0 saturated carbocycles. The molecular weight excluding hydrogens is 292 g/mol. The minimum atomic E-state index is -0.668. The first-order valence-electron chi connectivity index (χ1n) is 7.67. The fourth-order valence-electron chi connectivity index (χ4n) is 2.17. The van der Waals surface area contributed by atoms with Gasteiger partial charge in [0.15, 0.2) is 0 Å². The number of hydrogen-bond acceptors (Lipinski definition) is 4. The quantitative estimate of drug-likeness (QED) is 0.621. The van der Waals surface area contributed by atoms with Crippen molar-refractivity contribution in [2.24, 2.45) is 5.73 Å². The van der Waals surface area contributed by atoms with E-state index in [-0.39, 0.29) is 11.3 Å². The van der Waals surface area contributed by atoms with Crippen molar-refractivity contribution in [1.82, 2.24) is 5.32 Å². The summed E-state index contributed by atoms with van der Waals surface area (Å²) < 4.78 is 5.57. The van der Waals surface area contributed by atoms with Crippen molar-refractivity contribution in [1.29, 1.82) is 0 Å². The molecule has 2 rings (SSSR count). The number of unbranched alkanes of at least 4 members (excludes halogenated alkanes) is 1. The first-order chi connectivity index (χ1) is 11.2. The summed E-state index contributed by atoms with van der Waals surface area (Å²) in [4.78, 5) is 11.1. The van der Waals surface area contributed by atoms with E-state index in [4.69, 9.17) is 10.5 Å². The van der Waals surface area contributed by atoms with Crippen LogP contribution in [0.2, 0.25) is 0 Å². The van der Waals surface area contributed by atoms with Gasteiger partial charge in [-0.2, -0.15) is 0 Å². The molecule has 0 aliphatic rings. The molecule has 0 atom stereocenters. The van der Waals surface area contributed by atoms with Crippen LogP contribution < -0.4 is 15.8 Å². The van der Waals surface area contributed by atoms with Gasteiger partial charge in [0.25, 0.3) is 5.91 Å². The smallest absolute Gasteiger partial charge is 0.252 e. The Kier molecular flexibility index (Phi) is 6.44. The van der Waals surface area contributed by atoms with E-state index in [2.05, 4.69) is 17.4 Å². The van der Waals surface area contributed by atoms with Crippen LogP contribution in [0, 0.1) is 0 Å². The van der Waals surface area contributed by atoms with Crippen molar-refractivity contribution < 1.29 is 14.6 Å². The number of carbonyl (C=O) groups excluding carboxylic acids is 1. The average Bonchev–Trinajstić information content (AvgIpc) is 2.56. The summed E-state index contributed by atoms with van der Waals surface area (Å²) in [6.07, 6.45) is 1.89. The summed E-state index contributed by atoms with van der Waals surface area (Å²) in [6.45, 7) is 2.33. The van der Waals surface area contributed by atoms with Crippen LogP contribution in [0.4, 0.5) is 0 Å². The minimum Gasteiger partial charge on any atom is -0.507 e. The molecule has 0 aliphatic carbocycles. The van der Waals surface area contributed by atoms with Gasteiger partial charge in [0.05, 0.1) is 12.2 Å². The van der Waals surface area contributed by atoms with E-state index in [0.29, 0.717) is 12.4 Å². The van der Waals surface area contributed by atoms with Crippen molar-refractivity contribution in [2.45, 2.75) is 19.4 Å². The van der Waals surface area contributed by atoms with Crippen LogP contribution in [0.1, 0.15) is 28.8 Å². The van der Waals surface area contributed by atoms with E-state index < -0.39 is 5.91 Å². The Bertz CT molecular complexity index is 629. The first kappa shape index (κ1) is 16.8. The molecule has 0 unspecified atom stereocenters. The number of carbonyl (C=O) groups is 1. The van der Waals surface area contributed by atoms with E-state index in [9.17, 15) is 9.90 Å². The zero-order chi connectivity index (χ0) is 16.5. The number of rotatable bonds is 9. The molecular formula is C18H22N2O3. The molecule has 0 radical (unpaired) electrons. The number of primary amides is 1. The van der Waals surface area contributed by atoms with Gasteiger partial charge in [0, 0.05) is 6.54 Å². The van der Waals surface area contributed by atoms with Gasteiger partial charge in [-0.25, -0.2) is 0 Å². The summed E-state index contributed by atoms with van der Waals surface area (Å²) in [6, 6.07) is 14.8. The number of amides is 1. The van der Waals surface area contributed by atoms with Crippen LogP contribution in [0.3, 0.4) is 0 Å². The second-order valence-electron chi connectivity index (χ2n) is 5.26. The van der Waals surface area contributed by atoms with Crippen LogP contribution in [0.5, 0.6) is 11.5 Å². The molecule has 2 aromatic carbocycles. The third-order valence-electron chi connectivity index (χ3n) is 3.42. The van der Waals surface area contributed by atoms with Crippen molar-refractivity contribution in [3.8, 4) is 11.5 Å². The summed E-state index contributed by atoms with van der Waals surface area (Å²) in [7, 11) is 0. The standard InChI is InChI=1S/C18H22N2O3/c19-18(22)16-12-15(8-9-17(16)21)23-11-5-4-10-20-13-14-6-2-1-3-7-14/h1-3,6-9,12,20-21H,4-5,10-11,13H2,(H2,19,22). The molecule has 0 saturated heterocycles. The molecule has 5 heteroatoms. The Morgan fingerprint density at radius 1 is 1.13 bits per heavy atom. The minimum absolute atomic E-state index is 0.0760. The number of aromatic hydroxyl groups is 1. The van der Waals surface area contributed by atoms with Crippen LogP contribution in [0.25, 0.3) is 0 Å². The maximum atomic E-state index is 11.1. The van der Waals surface area contributed by atoms with E-state index in [0.717, 1.165) is 25.9 Å². The van der Waals surface area contributed by atoms with E-state index in [1.807, 2.05) is 18.2 Å². The fraction of sp³-hybridized carbons (Fsp3) is 0.278. The number of phenols is 1. The molecule has 4 N–H and O–H groups in total. The van der Waals surface area contributed by atoms with Crippen LogP contribution in [-0.4, -0.2) is 24.2 Å². The third-order valence-corrected chi connectivity index (χ3v) is 3.42. The normalized spacial score (nSPS) is 10.4. The summed E-state index contributed by atoms with van der Waals surface area (Å²) in [5.74, 6) is -0.262. The maximum absolute atomic E-state index is 11.1. The average molecular weight is 314 g/mol. The summed E-state index contributed by atoms with van der Waals surface area (Å²) >= 11 is 0. The molecule has 0 bridgehead atoms. The lowest BCUT2D eigenvalue weighted by Crippen LogP contribution is -2.15. The van der Waals surface area contributed by atoms with Gasteiger partial charge in [-0.15, -0.1) is 0 Å². The SMILES string of the molecule is NC(=O)c1cc(OCCCCNCc2ccccc2)ccc1O. The fourth-order valence-corrected chi connectivity index (χ4v) is 2.17. The van der Waals surface area contributed by atoms with Gasteiger partial charge in [-0.3, -0.25) is 4.79 Å². The van der Waals surface area contributed by atoms with Gasteiger partial charge in [-0.05, 0) is 43.1 Å². The maximum Gasteiger partial charge on any atom is 0.252 e. The molecule has 0 fully saturated rings. The first-order valence-corrected chi connectivity index (χ1v) is 7.67. The van der Waals surface area contributed by atoms with Crippen molar-refractivity contribution in [3.05, 3.63) is 59.7 Å². The predicted molar refractivity (Wildman–Crippen MR) is 89.5 cm³/mol. The van der Waals surface area contributed by atoms with Gasteiger partial charge in [0.1, 0.15) is 11.5 Å². The number of hydrogen-bond donors (Lipinski definition) is 3. The summed E-state index contributed by atoms with van der Waals surface area (Å²) in [5, 5.41) is 12.9. The highest BCUT2D eigenvalue weighted by Crippen LogP contribution is 2.22. The van der Waals surface area contributed by atoms with Crippen molar-refractivity contribution in [3.63, 3.8) is 0 Å². The van der Waals surface area contributed by atoms with Gasteiger partial charge < -0.3 is 20.9 Å². The van der Waals surface area contributed by atoms with Crippen LogP contribution in [0.15, 0.2) is 48.5 Å². The number of benzene rings is 2. The van der Waals surface area contributed by atoms with Gasteiger partial charge in [-0.1, -0.05) is 30.3 Å². The van der Waals surface area contributed by atoms with Crippen LogP contribution in [-0.2, 0) is 6.54 Å². The third kappa shape index (κ3) is 5.64. The molecule has 23 heavy (non-hydrogen) atoms. The molecule has 5 nitrogen and oxygen atoms in total. The van der Waals surface area contributed by atoms with Gasteiger partial charge >= 0.3 is 0 Å². The zero-order valence-corrected chi connectivity index (χ0v) is 13.0. The summed E-state index contributed by atoms with van der Waals surface area (Å²) in [5.41, 5.74) is 6.52. The Morgan fingerprint density at radius 3 is 2.65 bits per heavy atom. The predicted octanol–water partition coefficient (Wildman–Crippen LogP) is 2.44. The Labute approximate surface area is 136 Å². The lowest BCUT2D eigenvalue weighted by molar-refractivity contribution is 0.0997. The molecule has 2 aromatic rings. The largest absolute Gasteiger partial charge is 0.507 e. The number of nitrogens with one attached hydrogen (secondary N) is 1. The van der Waals surface area contributed by atoms with E-state index in [1.165, 1.54) is 17.7 Å². The highest BCUT2D eigenvalue weighted by molar-refractivity contribution is 5.95. The second-order valence-corrected chi connectivity index (χ2v) is 5.26. The number of ether oxygens (including phenoxy) is 1. The van der Waals surface area contributed by atoms with E-state index in [1.54, 1.807) is 6.07 Å². The highest BCUT2D eigenvalue weighted by atomic mass is 16.5. The molecule has 122 valence electrons. The highest BCUT2D eigenvalue weighted by Gasteiger charge is 2.08. The Morgan fingerprint density at radius 2 is 1.91 bits per heavy atom. The Hall–Kier alpha value is -2.53. The second kappa shape index (κ2) is 8.80. The van der Waals surface area contributed by atoms with Crippen LogP contribution >= 0.6 is 0 Å². The van der Waals surface area contributed by atoms with Gasteiger partial charge in [0.2, 0.25) is 0 Å². The number of nitrogens with two attached hydrogens (primary N) is 1. The topological polar surface area (TPSA) is 84.6 Å². The monoisotopic (exact) mass is 314 g/mol. The molecule has 1 amide bonds. The molecule has 0 heterocycles. The molecule has 0 spiro atoms. The van der Waals surface area contributed by atoms with Crippen molar-refractivity contribution in [2.75, 3.05) is 13.2 Å². The Balaban J connectivity index is 1.62. The zero-order valence-electron chi connectivity index (χ0n) is 13.0. The molecule has 0 aromatic heterocycles. The lowest BCUT2D eigenvalue weighted by atomic mass is 10.2. The van der Waals surface area contributed by atoms with E-state index >= 15 is 0 Å².